The predicted octanol–water partition coefficient (Wildman–Crippen LogP) is 5.03. The van der Waals surface area contributed by atoms with Crippen molar-refractivity contribution in [2.45, 2.75) is 40.2 Å². The Hall–Kier alpha value is -1.50. The molecular weight excluding hydrogens is 360 g/mol. The monoisotopic (exact) mass is 390 g/mol. The van der Waals surface area contributed by atoms with Gasteiger partial charge in [-0.1, -0.05) is 29.5 Å². The molecule has 0 amide bonds. The van der Waals surface area contributed by atoms with Crippen LogP contribution in [-0.4, -0.2) is 29.0 Å². The fraction of sp³-hybridized carbons (Fsp3) is 0.400. The molecule has 1 atom stereocenters. The maximum absolute atomic E-state index is 6.05. The first-order chi connectivity index (χ1) is 12.4. The molecule has 3 N–H and O–H groups in total. The van der Waals surface area contributed by atoms with Gasteiger partial charge in [-0.2, -0.15) is 0 Å². The zero-order valence-electron chi connectivity index (χ0n) is 16.3. The van der Waals surface area contributed by atoms with Crippen LogP contribution in [0, 0.1) is 0 Å². The average Bonchev–Trinajstić information content (AvgIpc) is 2.65. The SMILES string of the molecule is CN=C(C)S/C(C)=C/C/C=C(\C)C(C)NCS/C=C(\N)c1cccnc1. The minimum Gasteiger partial charge on any atom is -0.398 e. The van der Waals surface area contributed by atoms with Gasteiger partial charge in [-0.15, -0.1) is 11.8 Å². The summed E-state index contributed by atoms with van der Waals surface area (Å²) in [5.41, 5.74) is 9.09. The maximum Gasteiger partial charge on any atom is 0.0685 e. The van der Waals surface area contributed by atoms with Crippen molar-refractivity contribution in [3.8, 4) is 0 Å². The molecule has 142 valence electrons. The van der Waals surface area contributed by atoms with Gasteiger partial charge in [0.2, 0.25) is 0 Å². The van der Waals surface area contributed by atoms with Crippen LogP contribution in [-0.2, 0) is 0 Å². The summed E-state index contributed by atoms with van der Waals surface area (Å²) in [6, 6.07) is 4.18. The second-order valence-electron chi connectivity index (χ2n) is 5.90. The Balaban J connectivity index is 2.37. The Morgan fingerprint density at radius 2 is 2.12 bits per heavy atom. The number of allylic oxidation sites excluding steroid dienone is 3. The van der Waals surface area contributed by atoms with Crippen LogP contribution in [0.15, 0.2) is 57.6 Å². The van der Waals surface area contributed by atoms with E-state index in [2.05, 4.69) is 48.2 Å². The van der Waals surface area contributed by atoms with Gasteiger partial charge in [-0.25, -0.2) is 0 Å². The molecule has 1 aromatic rings. The molecule has 6 heteroatoms. The van der Waals surface area contributed by atoms with Crippen LogP contribution in [0.25, 0.3) is 5.70 Å². The van der Waals surface area contributed by atoms with Crippen LogP contribution in [0.1, 0.15) is 39.7 Å². The van der Waals surface area contributed by atoms with Crippen LogP contribution in [0.2, 0.25) is 0 Å². The van der Waals surface area contributed by atoms with Crippen molar-refractivity contribution in [3.63, 3.8) is 0 Å². The number of nitrogens with one attached hydrogen (secondary N) is 1. The molecule has 0 spiro atoms. The number of aliphatic imine (C=N–C) groups is 1. The molecule has 0 aliphatic rings. The number of hydrogen-bond donors (Lipinski definition) is 2. The predicted molar refractivity (Wildman–Crippen MR) is 120 cm³/mol. The van der Waals surface area contributed by atoms with E-state index in [1.807, 2.05) is 31.5 Å². The Bertz CT molecular complexity index is 664. The largest absolute Gasteiger partial charge is 0.398 e. The fourth-order valence-electron chi connectivity index (χ4n) is 1.97. The van der Waals surface area contributed by atoms with Gasteiger partial charge < -0.3 is 11.1 Å². The van der Waals surface area contributed by atoms with Crippen molar-refractivity contribution in [2.75, 3.05) is 12.9 Å². The number of nitrogens with zero attached hydrogens (tertiary/aromatic N) is 2. The van der Waals surface area contributed by atoms with E-state index in [1.54, 1.807) is 35.9 Å². The topological polar surface area (TPSA) is 63.3 Å². The first-order valence-corrected chi connectivity index (χ1v) is 10.5. The van der Waals surface area contributed by atoms with Crippen molar-refractivity contribution in [1.29, 1.82) is 0 Å². The molecule has 0 aromatic carbocycles. The summed E-state index contributed by atoms with van der Waals surface area (Å²) in [6.07, 6.45) is 8.97. The maximum atomic E-state index is 6.05. The number of nitrogens with two attached hydrogens (primary N) is 1. The van der Waals surface area contributed by atoms with Gasteiger partial charge >= 0.3 is 0 Å². The molecule has 1 heterocycles. The van der Waals surface area contributed by atoms with E-state index in [9.17, 15) is 0 Å². The number of aromatic nitrogens is 1. The Kier molecular flexibility index (Phi) is 11.1. The second-order valence-corrected chi connectivity index (χ2v) is 8.19. The summed E-state index contributed by atoms with van der Waals surface area (Å²) in [5, 5.41) is 6.56. The highest BCUT2D eigenvalue weighted by molar-refractivity contribution is 8.17. The first kappa shape index (κ1) is 22.5. The molecule has 1 unspecified atom stereocenters. The lowest BCUT2D eigenvalue weighted by molar-refractivity contribution is 0.676. The molecule has 0 saturated heterocycles. The lowest BCUT2D eigenvalue weighted by Gasteiger charge is -2.13. The van der Waals surface area contributed by atoms with E-state index in [0.29, 0.717) is 6.04 Å². The third kappa shape index (κ3) is 9.27. The molecule has 1 rings (SSSR count). The summed E-state index contributed by atoms with van der Waals surface area (Å²) < 4.78 is 0. The highest BCUT2D eigenvalue weighted by Gasteiger charge is 2.02. The van der Waals surface area contributed by atoms with Crippen molar-refractivity contribution < 1.29 is 0 Å². The molecule has 0 saturated carbocycles. The number of rotatable bonds is 9. The van der Waals surface area contributed by atoms with Gasteiger partial charge in [0.05, 0.1) is 5.04 Å². The number of pyridine rings is 1. The summed E-state index contributed by atoms with van der Waals surface area (Å²) in [5.74, 6) is 0.810. The van der Waals surface area contributed by atoms with E-state index >= 15 is 0 Å². The van der Waals surface area contributed by atoms with Crippen LogP contribution in [0.3, 0.4) is 0 Å². The highest BCUT2D eigenvalue weighted by atomic mass is 32.2. The molecule has 26 heavy (non-hydrogen) atoms. The van der Waals surface area contributed by atoms with Gasteiger partial charge in [-0.3, -0.25) is 9.98 Å². The molecule has 0 aliphatic carbocycles. The summed E-state index contributed by atoms with van der Waals surface area (Å²) in [6.45, 7) is 8.50. The lowest BCUT2D eigenvalue weighted by Crippen LogP contribution is -2.26. The zero-order valence-corrected chi connectivity index (χ0v) is 18.0. The van der Waals surface area contributed by atoms with Crippen molar-refractivity contribution in [2.24, 2.45) is 10.7 Å². The van der Waals surface area contributed by atoms with Gasteiger partial charge in [-0.05, 0) is 56.6 Å². The van der Waals surface area contributed by atoms with Crippen LogP contribution in [0.5, 0.6) is 0 Å². The van der Waals surface area contributed by atoms with Gasteiger partial charge in [0.15, 0.2) is 0 Å². The quantitative estimate of drug-likeness (QED) is 0.204. The van der Waals surface area contributed by atoms with Gasteiger partial charge in [0.25, 0.3) is 0 Å². The first-order valence-electron chi connectivity index (χ1n) is 8.59. The van der Waals surface area contributed by atoms with Crippen LogP contribution < -0.4 is 11.1 Å². The third-order valence-corrected chi connectivity index (χ3v) is 5.55. The minimum absolute atomic E-state index is 0.329. The summed E-state index contributed by atoms with van der Waals surface area (Å²) in [4.78, 5) is 9.53. The van der Waals surface area contributed by atoms with Crippen molar-refractivity contribution in [1.82, 2.24) is 10.3 Å². The lowest BCUT2D eigenvalue weighted by atomic mass is 10.1. The molecule has 1 aromatic heterocycles. The molecule has 0 radical (unpaired) electrons. The molecule has 0 bridgehead atoms. The van der Waals surface area contributed by atoms with Crippen molar-refractivity contribution >= 4 is 34.3 Å². The number of thioether (sulfide) groups is 2. The Labute approximate surface area is 166 Å². The standard InChI is InChI=1S/C20H30N4S2/c1-15(8-6-9-16(2)26-18(4)22-5)17(3)24-14-25-13-20(21)19-10-7-11-23-12-19/h7-13,17,24H,6,14,21H2,1-5H3/b15-8+,16-9+,20-13-,22-18?. The van der Waals surface area contributed by atoms with Gasteiger partial charge in [0, 0.05) is 42.6 Å². The molecule has 4 nitrogen and oxygen atoms in total. The van der Waals surface area contributed by atoms with Crippen LogP contribution in [0.4, 0.5) is 0 Å². The smallest absolute Gasteiger partial charge is 0.0685 e. The molecule has 0 fully saturated rings. The molecule has 0 aliphatic heterocycles. The highest BCUT2D eigenvalue weighted by Crippen LogP contribution is 2.18. The third-order valence-electron chi connectivity index (χ3n) is 3.83. The van der Waals surface area contributed by atoms with E-state index in [4.69, 9.17) is 5.73 Å². The second kappa shape index (κ2) is 12.8. The van der Waals surface area contributed by atoms with E-state index in [0.717, 1.165) is 28.6 Å². The van der Waals surface area contributed by atoms with E-state index in [1.165, 1.54) is 10.5 Å². The van der Waals surface area contributed by atoms with Gasteiger partial charge in [0.1, 0.15) is 0 Å². The van der Waals surface area contributed by atoms with E-state index < -0.39 is 0 Å². The minimum atomic E-state index is 0.329. The fourth-order valence-corrected chi connectivity index (χ4v) is 3.46. The summed E-state index contributed by atoms with van der Waals surface area (Å²) >= 11 is 3.38. The Morgan fingerprint density at radius 3 is 2.77 bits per heavy atom. The molecular formula is C20H30N4S2. The normalized spacial score (nSPS) is 15.3. The Morgan fingerprint density at radius 1 is 1.35 bits per heavy atom. The number of hydrogen-bond acceptors (Lipinski definition) is 6. The summed E-state index contributed by atoms with van der Waals surface area (Å²) in [7, 11) is 1.82. The average molecular weight is 391 g/mol. The zero-order chi connectivity index (χ0) is 19.4. The van der Waals surface area contributed by atoms with E-state index in [-0.39, 0.29) is 0 Å². The van der Waals surface area contributed by atoms with Crippen LogP contribution >= 0.6 is 23.5 Å². The van der Waals surface area contributed by atoms with Crippen molar-refractivity contribution in [3.05, 3.63) is 58.1 Å².